The number of likely N-dealkylation sites (tertiary alicyclic amines) is 1. The van der Waals surface area contributed by atoms with Crippen molar-refractivity contribution in [1.82, 2.24) is 15.1 Å². The van der Waals surface area contributed by atoms with Crippen LogP contribution in [0.25, 0.3) is 0 Å². The highest BCUT2D eigenvalue weighted by Crippen LogP contribution is 2.20. The average Bonchev–Trinajstić information content (AvgIpc) is 2.53. The Morgan fingerprint density at radius 2 is 2.04 bits per heavy atom. The van der Waals surface area contributed by atoms with Crippen LogP contribution in [0.5, 0.6) is 0 Å². The van der Waals surface area contributed by atoms with Crippen molar-refractivity contribution in [1.29, 1.82) is 0 Å². The Balaban J connectivity index is 2.47. The number of nitrogens with zero attached hydrogens (tertiary/aromatic N) is 2. The number of aliphatic carboxylic acids is 1. The number of hydrogen-bond donors (Lipinski definition) is 2. The molecule has 7 heteroatoms. The standard InChI is InChI=1S/C17H31N3O4/c1-4-19(9-7-16(22)23)15(21)10-14-6-5-8-20(12-14)17(24)18-11-13(2)3/h13-14H,4-12H2,1-3H3,(H,18,24)(H,22,23). The molecular formula is C17H31N3O4. The molecule has 24 heavy (non-hydrogen) atoms. The normalized spacial score (nSPS) is 17.7. The summed E-state index contributed by atoms with van der Waals surface area (Å²) in [5.41, 5.74) is 0. The van der Waals surface area contributed by atoms with Gasteiger partial charge in [-0.1, -0.05) is 13.8 Å². The lowest BCUT2D eigenvalue weighted by atomic mass is 9.94. The zero-order valence-corrected chi connectivity index (χ0v) is 15.1. The lowest BCUT2D eigenvalue weighted by Crippen LogP contribution is -2.47. The van der Waals surface area contributed by atoms with Crippen LogP contribution in [0, 0.1) is 11.8 Å². The molecule has 0 bridgehead atoms. The van der Waals surface area contributed by atoms with Crippen molar-refractivity contribution in [3.05, 3.63) is 0 Å². The summed E-state index contributed by atoms with van der Waals surface area (Å²) in [6.07, 6.45) is 2.17. The lowest BCUT2D eigenvalue weighted by molar-refractivity contribution is -0.138. The van der Waals surface area contributed by atoms with E-state index < -0.39 is 5.97 Å². The molecule has 138 valence electrons. The van der Waals surface area contributed by atoms with Gasteiger partial charge in [0.1, 0.15) is 0 Å². The van der Waals surface area contributed by atoms with Gasteiger partial charge < -0.3 is 20.2 Å². The molecular weight excluding hydrogens is 310 g/mol. The fourth-order valence-electron chi connectivity index (χ4n) is 2.89. The Bertz CT molecular complexity index is 440. The van der Waals surface area contributed by atoms with Crippen LogP contribution in [0.15, 0.2) is 0 Å². The summed E-state index contributed by atoms with van der Waals surface area (Å²) >= 11 is 0. The highest BCUT2D eigenvalue weighted by atomic mass is 16.4. The van der Waals surface area contributed by atoms with Crippen LogP contribution in [0.3, 0.4) is 0 Å². The first kappa shape index (κ1) is 20.3. The molecule has 0 saturated carbocycles. The molecule has 0 aromatic heterocycles. The van der Waals surface area contributed by atoms with E-state index in [9.17, 15) is 14.4 Å². The number of carbonyl (C=O) groups is 3. The maximum atomic E-state index is 12.4. The van der Waals surface area contributed by atoms with E-state index in [2.05, 4.69) is 19.2 Å². The van der Waals surface area contributed by atoms with E-state index in [-0.39, 0.29) is 30.8 Å². The van der Waals surface area contributed by atoms with E-state index in [0.717, 1.165) is 19.4 Å². The van der Waals surface area contributed by atoms with Crippen molar-refractivity contribution in [2.45, 2.75) is 46.5 Å². The van der Waals surface area contributed by atoms with Crippen LogP contribution in [-0.2, 0) is 9.59 Å². The van der Waals surface area contributed by atoms with Crippen molar-refractivity contribution in [3.63, 3.8) is 0 Å². The van der Waals surface area contributed by atoms with Crippen molar-refractivity contribution in [3.8, 4) is 0 Å². The molecule has 1 saturated heterocycles. The van der Waals surface area contributed by atoms with Crippen LogP contribution in [0.2, 0.25) is 0 Å². The molecule has 1 rings (SSSR count). The number of nitrogens with one attached hydrogen (secondary N) is 1. The van der Waals surface area contributed by atoms with Crippen molar-refractivity contribution in [2.75, 3.05) is 32.7 Å². The number of hydrogen-bond acceptors (Lipinski definition) is 3. The van der Waals surface area contributed by atoms with E-state index >= 15 is 0 Å². The Kier molecular flexibility index (Phi) is 8.57. The average molecular weight is 341 g/mol. The Morgan fingerprint density at radius 3 is 2.62 bits per heavy atom. The second-order valence-corrected chi connectivity index (χ2v) is 6.86. The van der Waals surface area contributed by atoms with Gasteiger partial charge in [0.2, 0.25) is 5.91 Å². The van der Waals surface area contributed by atoms with Gasteiger partial charge in [0.05, 0.1) is 6.42 Å². The third-order valence-corrected chi connectivity index (χ3v) is 4.26. The Morgan fingerprint density at radius 1 is 1.33 bits per heavy atom. The number of amides is 3. The minimum absolute atomic E-state index is 0.0202. The minimum atomic E-state index is -0.896. The molecule has 0 aromatic carbocycles. The SMILES string of the molecule is CCN(CCC(=O)O)C(=O)CC1CCCN(C(=O)NCC(C)C)C1. The van der Waals surface area contributed by atoms with Gasteiger partial charge in [-0.2, -0.15) is 0 Å². The third-order valence-electron chi connectivity index (χ3n) is 4.26. The number of carboxylic acids is 1. The fraction of sp³-hybridized carbons (Fsp3) is 0.824. The van der Waals surface area contributed by atoms with Gasteiger partial charge >= 0.3 is 12.0 Å². The molecule has 0 aromatic rings. The molecule has 3 amide bonds. The van der Waals surface area contributed by atoms with E-state index in [4.69, 9.17) is 5.11 Å². The molecule has 0 spiro atoms. The summed E-state index contributed by atoms with van der Waals surface area (Å²) in [5.74, 6) is -0.363. The van der Waals surface area contributed by atoms with Crippen LogP contribution >= 0.6 is 0 Å². The summed E-state index contributed by atoms with van der Waals surface area (Å²) in [6.45, 7) is 8.68. The number of rotatable bonds is 8. The smallest absolute Gasteiger partial charge is 0.317 e. The molecule has 1 atom stereocenters. The van der Waals surface area contributed by atoms with Gasteiger partial charge in [0.25, 0.3) is 0 Å². The number of urea groups is 1. The van der Waals surface area contributed by atoms with Gasteiger partial charge in [-0.05, 0) is 31.6 Å². The van der Waals surface area contributed by atoms with Crippen LogP contribution in [-0.4, -0.2) is 65.5 Å². The summed E-state index contributed by atoms with van der Waals surface area (Å²) in [6, 6.07) is -0.0564. The predicted molar refractivity (Wildman–Crippen MR) is 91.7 cm³/mol. The van der Waals surface area contributed by atoms with Crippen LogP contribution < -0.4 is 5.32 Å². The minimum Gasteiger partial charge on any atom is -0.481 e. The van der Waals surface area contributed by atoms with E-state index in [1.807, 2.05) is 6.92 Å². The summed E-state index contributed by atoms with van der Waals surface area (Å²) in [4.78, 5) is 38.6. The molecule has 7 nitrogen and oxygen atoms in total. The number of piperidine rings is 1. The lowest BCUT2D eigenvalue weighted by Gasteiger charge is -2.33. The first-order valence-electron chi connectivity index (χ1n) is 8.85. The molecule has 1 heterocycles. The zero-order chi connectivity index (χ0) is 18.1. The van der Waals surface area contributed by atoms with Crippen molar-refractivity contribution < 1.29 is 19.5 Å². The first-order valence-corrected chi connectivity index (χ1v) is 8.85. The second kappa shape index (κ2) is 10.2. The first-order chi connectivity index (χ1) is 11.3. The quantitative estimate of drug-likeness (QED) is 0.704. The van der Waals surface area contributed by atoms with Gasteiger partial charge in [0, 0.05) is 39.1 Å². The largest absolute Gasteiger partial charge is 0.481 e. The third kappa shape index (κ3) is 7.19. The van der Waals surface area contributed by atoms with Gasteiger partial charge in [-0.25, -0.2) is 4.79 Å². The Labute approximate surface area is 144 Å². The van der Waals surface area contributed by atoms with Crippen molar-refractivity contribution >= 4 is 17.9 Å². The maximum absolute atomic E-state index is 12.4. The molecule has 0 radical (unpaired) electrons. The zero-order valence-electron chi connectivity index (χ0n) is 15.1. The topological polar surface area (TPSA) is 90.0 Å². The molecule has 2 N–H and O–H groups in total. The highest BCUT2D eigenvalue weighted by molar-refractivity contribution is 5.78. The van der Waals surface area contributed by atoms with Crippen LogP contribution in [0.1, 0.15) is 46.5 Å². The van der Waals surface area contributed by atoms with E-state index in [1.165, 1.54) is 0 Å². The van der Waals surface area contributed by atoms with Crippen LogP contribution in [0.4, 0.5) is 4.79 Å². The second-order valence-electron chi connectivity index (χ2n) is 6.86. The Hall–Kier alpha value is -1.79. The van der Waals surface area contributed by atoms with Crippen molar-refractivity contribution in [2.24, 2.45) is 11.8 Å². The molecule has 1 unspecified atom stereocenters. The van der Waals surface area contributed by atoms with Gasteiger partial charge in [-0.15, -0.1) is 0 Å². The molecule has 1 aliphatic heterocycles. The van der Waals surface area contributed by atoms with E-state index in [0.29, 0.717) is 32.0 Å². The summed E-state index contributed by atoms with van der Waals surface area (Å²) < 4.78 is 0. The summed E-state index contributed by atoms with van der Waals surface area (Å²) in [5, 5.41) is 11.7. The fourth-order valence-corrected chi connectivity index (χ4v) is 2.89. The molecule has 1 aliphatic rings. The number of carbonyl (C=O) groups excluding carboxylic acids is 2. The number of carboxylic acid groups (broad SMARTS) is 1. The van der Waals surface area contributed by atoms with E-state index in [1.54, 1.807) is 9.80 Å². The molecule has 0 aliphatic carbocycles. The summed E-state index contributed by atoms with van der Waals surface area (Å²) in [7, 11) is 0. The van der Waals surface area contributed by atoms with Gasteiger partial charge in [-0.3, -0.25) is 9.59 Å². The predicted octanol–water partition coefficient (Wildman–Crippen LogP) is 1.78. The highest BCUT2D eigenvalue weighted by Gasteiger charge is 2.26. The monoisotopic (exact) mass is 341 g/mol. The van der Waals surface area contributed by atoms with Gasteiger partial charge in [0.15, 0.2) is 0 Å². The maximum Gasteiger partial charge on any atom is 0.317 e. The molecule has 1 fully saturated rings.